The van der Waals surface area contributed by atoms with Crippen LogP contribution in [0.25, 0.3) is 10.9 Å². The zero-order chi connectivity index (χ0) is 24.5. The van der Waals surface area contributed by atoms with Crippen molar-refractivity contribution in [2.24, 2.45) is 5.92 Å². The molecule has 2 aromatic carbocycles. The molecule has 2 aliphatic rings. The second-order valence-corrected chi connectivity index (χ2v) is 10.4. The SMILES string of the molecule is CN(Cc1ccc(Cl)c(Cl)c1)C(=O)Cn1cnc2ccc(N3CCN(CC4CC4)CC3)cc2c1=O. The number of hydrogen-bond donors (Lipinski definition) is 0. The van der Waals surface area contributed by atoms with E-state index in [1.165, 1.54) is 30.3 Å². The molecule has 2 heterocycles. The van der Waals surface area contributed by atoms with Gasteiger partial charge in [-0.25, -0.2) is 4.98 Å². The van der Waals surface area contributed by atoms with Crippen molar-refractivity contribution in [3.05, 3.63) is 68.7 Å². The molecular formula is C26H29Cl2N5O2. The minimum Gasteiger partial charge on any atom is -0.369 e. The summed E-state index contributed by atoms with van der Waals surface area (Å²) in [5.74, 6) is 0.708. The van der Waals surface area contributed by atoms with Gasteiger partial charge in [-0.3, -0.25) is 19.1 Å². The number of rotatable bonds is 7. The summed E-state index contributed by atoms with van der Waals surface area (Å²) in [5.41, 5.74) is 2.32. The van der Waals surface area contributed by atoms with E-state index in [-0.39, 0.29) is 18.0 Å². The van der Waals surface area contributed by atoms with Crippen LogP contribution in [0, 0.1) is 5.92 Å². The Hall–Kier alpha value is -2.61. The van der Waals surface area contributed by atoms with Crippen LogP contribution in [-0.4, -0.2) is 65.0 Å². The van der Waals surface area contributed by atoms with Gasteiger partial charge in [-0.15, -0.1) is 0 Å². The van der Waals surface area contributed by atoms with Crippen molar-refractivity contribution >= 4 is 45.7 Å². The molecule has 2 fully saturated rings. The summed E-state index contributed by atoms with van der Waals surface area (Å²) in [4.78, 5) is 37.0. The molecule has 1 saturated heterocycles. The van der Waals surface area contributed by atoms with Gasteiger partial charge in [-0.1, -0.05) is 29.3 Å². The maximum absolute atomic E-state index is 13.2. The molecule has 0 spiro atoms. The molecule has 0 atom stereocenters. The van der Waals surface area contributed by atoms with E-state index in [9.17, 15) is 9.59 Å². The maximum atomic E-state index is 13.2. The van der Waals surface area contributed by atoms with Crippen molar-refractivity contribution in [3.63, 3.8) is 0 Å². The van der Waals surface area contributed by atoms with Gasteiger partial charge in [-0.2, -0.15) is 0 Å². The number of halogens is 2. The predicted octanol–water partition coefficient (Wildman–Crippen LogP) is 3.89. The van der Waals surface area contributed by atoms with Gasteiger partial charge in [0.15, 0.2) is 0 Å². The Morgan fingerprint density at radius 1 is 1.06 bits per heavy atom. The van der Waals surface area contributed by atoms with Gasteiger partial charge in [0, 0.05) is 52.0 Å². The number of likely N-dealkylation sites (N-methyl/N-ethyl adjacent to an activating group) is 1. The monoisotopic (exact) mass is 513 g/mol. The number of piperazine rings is 1. The molecule has 184 valence electrons. The minimum atomic E-state index is -0.208. The first-order chi connectivity index (χ1) is 16.9. The third-order valence-corrected chi connectivity index (χ3v) is 7.63. The highest BCUT2D eigenvalue weighted by molar-refractivity contribution is 6.42. The fourth-order valence-corrected chi connectivity index (χ4v) is 4.90. The second-order valence-electron chi connectivity index (χ2n) is 9.61. The van der Waals surface area contributed by atoms with Gasteiger partial charge in [0.2, 0.25) is 5.91 Å². The van der Waals surface area contributed by atoms with Crippen molar-refractivity contribution < 1.29 is 4.79 Å². The zero-order valence-corrected chi connectivity index (χ0v) is 21.3. The molecule has 1 aliphatic carbocycles. The lowest BCUT2D eigenvalue weighted by molar-refractivity contribution is -0.131. The standard InChI is InChI=1S/C26H29Cl2N5O2/c1-30(14-19-4-6-22(27)23(28)12-19)25(34)16-33-17-29-24-7-5-20(13-21(24)26(33)35)32-10-8-31(9-11-32)15-18-2-3-18/h4-7,12-13,17-18H,2-3,8-11,14-16H2,1H3. The van der Waals surface area contributed by atoms with E-state index >= 15 is 0 Å². The topological polar surface area (TPSA) is 61.7 Å². The summed E-state index contributed by atoms with van der Waals surface area (Å²) in [6, 6.07) is 11.1. The van der Waals surface area contributed by atoms with Crippen molar-refractivity contribution in [2.75, 3.05) is 44.7 Å². The van der Waals surface area contributed by atoms with Crippen LogP contribution in [0.5, 0.6) is 0 Å². The molecule has 7 nitrogen and oxygen atoms in total. The first-order valence-electron chi connectivity index (χ1n) is 12.0. The third-order valence-electron chi connectivity index (χ3n) is 6.89. The van der Waals surface area contributed by atoms with Crippen molar-refractivity contribution in [1.29, 1.82) is 0 Å². The summed E-state index contributed by atoms with van der Waals surface area (Å²) < 4.78 is 1.38. The van der Waals surface area contributed by atoms with E-state index in [1.54, 1.807) is 24.1 Å². The van der Waals surface area contributed by atoms with Gasteiger partial charge in [0.1, 0.15) is 6.54 Å². The molecule has 0 unspecified atom stereocenters. The lowest BCUT2D eigenvalue weighted by atomic mass is 10.2. The van der Waals surface area contributed by atoms with Gasteiger partial charge >= 0.3 is 0 Å². The second kappa shape index (κ2) is 10.2. The van der Waals surface area contributed by atoms with Crippen molar-refractivity contribution in [1.82, 2.24) is 19.4 Å². The summed E-state index contributed by atoms with van der Waals surface area (Å²) in [7, 11) is 1.70. The molecule has 35 heavy (non-hydrogen) atoms. The number of hydrogen-bond acceptors (Lipinski definition) is 5. The first-order valence-corrected chi connectivity index (χ1v) is 12.8. The number of carbonyl (C=O) groups excluding carboxylic acids is 1. The number of aromatic nitrogens is 2. The average Bonchev–Trinajstić information content (AvgIpc) is 3.67. The third kappa shape index (κ3) is 5.63. The Morgan fingerprint density at radius 3 is 2.54 bits per heavy atom. The van der Waals surface area contributed by atoms with Gasteiger partial charge in [-0.05, 0) is 54.7 Å². The molecule has 9 heteroatoms. The highest BCUT2D eigenvalue weighted by Crippen LogP contribution is 2.30. The smallest absolute Gasteiger partial charge is 0.261 e. The van der Waals surface area contributed by atoms with Crippen LogP contribution < -0.4 is 10.5 Å². The zero-order valence-electron chi connectivity index (χ0n) is 19.8. The van der Waals surface area contributed by atoms with Crippen LogP contribution in [0.2, 0.25) is 10.0 Å². The highest BCUT2D eigenvalue weighted by Gasteiger charge is 2.26. The average molecular weight is 514 g/mol. The number of carbonyl (C=O) groups is 1. The van der Waals surface area contributed by atoms with E-state index in [0.717, 1.165) is 43.3 Å². The molecule has 1 aliphatic heterocycles. The van der Waals surface area contributed by atoms with E-state index in [4.69, 9.17) is 23.2 Å². The normalized spacial score (nSPS) is 16.6. The summed E-state index contributed by atoms with van der Waals surface area (Å²) in [6.45, 7) is 5.49. The molecule has 1 amide bonds. The number of amides is 1. The molecule has 0 N–H and O–H groups in total. The Morgan fingerprint density at radius 2 is 1.83 bits per heavy atom. The number of benzene rings is 2. The number of fused-ring (bicyclic) bond motifs is 1. The summed E-state index contributed by atoms with van der Waals surface area (Å²) >= 11 is 12.1. The number of nitrogens with zero attached hydrogens (tertiary/aromatic N) is 5. The fourth-order valence-electron chi connectivity index (χ4n) is 4.58. The van der Waals surface area contributed by atoms with E-state index in [2.05, 4.69) is 14.8 Å². The maximum Gasteiger partial charge on any atom is 0.261 e. The van der Waals surface area contributed by atoms with Crippen LogP contribution in [0.15, 0.2) is 47.5 Å². The Balaban J connectivity index is 1.27. The summed E-state index contributed by atoms with van der Waals surface area (Å²) in [5, 5.41) is 1.45. The van der Waals surface area contributed by atoms with Crippen LogP contribution in [-0.2, 0) is 17.9 Å². The molecule has 0 radical (unpaired) electrons. The highest BCUT2D eigenvalue weighted by atomic mass is 35.5. The van der Waals surface area contributed by atoms with Crippen molar-refractivity contribution in [3.8, 4) is 0 Å². The van der Waals surface area contributed by atoms with Crippen LogP contribution in [0.3, 0.4) is 0 Å². The lowest BCUT2D eigenvalue weighted by Gasteiger charge is -2.36. The van der Waals surface area contributed by atoms with Crippen LogP contribution >= 0.6 is 23.2 Å². The van der Waals surface area contributed by atoms with Gasteiger partial charge in [0.25, 0.3) is 5.56 Å². The summed E-state index contributed by atoms with van der Waals surface area (Å²) in [6.07, 6.45) is 4.20. The number of anilines is 1. The molecule has 5 rings (SSSR count). The van der Waals surface area contributed by atoms with E-state index in [0.29, 0.717) is 27.5 Å². The minimum absolute atomic E-state index is 0.0797. The molecule has 1 saturated carbocycles. The fraction of sp³-hybridized carbons (Fsp3) is 0.423. The Bertz CT molecular complexity index is 1300. The Labute approximate surface area is 214 Å². The lowest BCUT2D eigenvalue weighted by Crippen LogP contribution is -2.47. The largest absolute Gasteiger partial charge is 0.369 e. The molecule has 1 aromatic heterocycles. The van der Waals surface area contributed by atoms with Crippen molar-refractivity contribution in [2.45, 2.75) is 25.9 Å². The van der Waals surface area contributed by atoms with E-state index < -0.39 is 0 Å². The predicted molar refractivity (Wildman–Crippen MR) is 140 cm³/mol. The molecular weight excluding hydrogens is 485 g/mol. The Kier molecular flexibility index (Phi) is 7.00. The van der Waals surface area contributed by atoms with Crippen LogP contribution in [0.4, 0.5) is 5.69 Å². The van der Waals surface area contributed by atoms with Gasteiger partial charge < -0.3 is 9.80 Å². The molecule has 3 aromatic rings. The first kappa shape index (κ1) is 24.1. The van der Waals surface area contributed by atoms with Gasteiger partial charge in [0.05, 0.1) is 27.3 Å². The van der Waals surface area contributed by atoms with Crippen LogP contribution in [0.1, 0.15) is 18.4 Å². The van der Waals surface area contributed by atoms with E-state index in [1.807, 2.05) is 24.3 Å². The quantitative estimate of drug-likeness (QED) is 0.479. The molecule has 0 bridgehead atoms.